The van der Waals surface area contributed by atoms with Gasteiger partial charge in [0, 0.05) is 49.7 Å². The summed E-state index contributed by atoms with van der Waals surface area (Å²) in [4.78, 5) is 23.9. The lowest BCUT2D eigenvalue weighted by Crippen LogP contribution is -2.46. The highest BCUT2D eigenvalue weighted by Crippen LogP contribution is 2.37. The van der Waals surface area contributed by atoms with Gasteiger partial charge in [-0.05, 0) is 62.6 Å². The van der Waals surface area contributed by atoms with Gasteiger partial charge in [-0.15, -0.1) is 0 Å². The van der Waals surface area contributed by atoms with Crippen molar-refractivity contribution >= 4 is 35.3 Å². The SMILES string of the molecule is CC=N/C=C(Cl)\C(=C\Cl)C(=O)NCC1=CC=CC(CN(C2CCNCC2)C2CCOc3cccnc32)=CC1. The third-order valence-electron chi connectivity index (χ3n) is 7.00. The highest BCUT2D eigenvalue weighted by Gasteiger charge is 2.33. The molecule has 2 N–H and O–H groups in total. The van der Waals surface area contributed by atoms with E-state index in [2.05, 4.69) is 44.8 Å². The van der Waals surface area contributed by atoms with Crippen LogP contribution in [0.3, 0.4) is 0 Å². The molecule has 38 heavy (non-hydrogen) atoms. The monoisotopic (exact) mass is 555 g/mol. The van der Waals surface area contributed by atoms with Gasteiger partial charge in [-0.25, -0.2) is 0 Å². The Morgan fingerprint density at radius 2 is 2.18 bits per heavy atom. The van der Waals surface area contributed by atoms with Crippen molar-refractivity contribution < 1.29 is 9.53 Å². The summed E-state index contributed by atoms with van der Waals surface area (Å²) in [7, 11) is 0. The molecule has 0 aromatic carbocycles. The van der Waals surface area contributed by atoms with Gasteiger partial charge in [0.25, 0.3) is 5.91 Å². The number of aromatic nitrogens is 1. The summed E-state index contributed by atoms with van der Waals surface area (Å²) in [5, 5.41) is 6.60. The van der Waals surface area contributed by atoms with Gasteiger partial charge in [0.15, 0.2) is 0 Å². The first-order valence-electron chi connectivity index (χ1n) is 13.1. The van der Waals surface area contributed by atoms with Gasteiger partial charge in [0.1, 0.15) is 5.75 Å². The number of nitrogens with zero attached hydrogens (tertiary/aromatic N) is 3. The van der Waals surface area contributed by atoms with Crippen molar-refractivity contribution in [2.24, 2.45) is 4.99 Å². The van der Waals surface area contributed by atoms with Crippen LogP contribution in [0, 0.1) is 0 Å². The van der Waals surface area contributed by atoms with Crippen LogP contribution >= 0.6 is 23.2 Å². The van der Waals surface area contributed by atoms with Crippen LogP contribution in [-0.2, 0) is 4.79 Å². The molecule has 1 aromatic heterocycles. The molecule has 1 aliphatic carbocycles. The van der Waals surface area contributed by atoms with E-state index in [-0.39, 0.29) is 22.6 Å². The summed E-state index contributed by atoms with van der Waals surface area (Å²) in [5.74, 6) is 0.559. The molecule has 4 rings (SSSR count). The first-order valence-corrected chi connectivity index (χ1v) is 13.9. The topological polar surface area (TPSA) is 78.9 Å². The maximum absolute atomic E-state index is 12.6. The molecule has 1 fully saturated rings. The standard InChI is InChI=1S/C29H35Cl2N5O2/c1-2-32-19-25(31)24(17-30)29(37)35-18-21-5-3-6-22(9-8-21)20-36(23-10-14-33-15-11-23)26-12-16-38-27-7-4-13-34-28(26)27/h2-7,9,13,17,19,23,26,33H,8,10-12,14-16,18,20H2,1H3,(H,35,37)/b24-17-,25-19+,32-2?. The molecule has 0 saturated carbocycles. The van der Waals surface area contributed by atoms with Gasteiger partial charge in [-0.2, -0.15) is 0 Å². The number of carbonyl (C=O) groups excluding carboxylic acids is 1. The van der Waals surface area contributed by atoms with E-state index in [1.54, 1.807) is 13.1 Å². The Morgan fingerprint density at radius 1 is 1.34 bits per heavy atom. The molecule has 1 atom stereocenters. The first-order chi connectivity index (χ1) is 18.6. The largest absolute Gasteiger partial charge is 0.492 e. The second-order valence-electron chi connectivity index (χ2n) is 9.45. The van der Waals surface area contributed by atoms with Crippen molar-refractivity contribution in [3.63, 3.8) is 0 Å². The lowest BCUT2D eigenvalue weighted by molar-refractivity contribution is -0.117. The van der Waals surface area contributed by atoms with Crippen LogP contribution in [0.15, 0.2) is 81.1 Å². The quantitative estimate of drug-likeness (QED) is 0.249. The summed E-state index contributed by atoms with van der Waals surface area (Å²) in [6, 6.07) is 4.67. The number of piperidine rings is 1. The fraction of sp³-hybridized carbons (Fsp3) is 0.414. The third-order valence-corrected chi connectivity index (χ3v) is 7.52. The molecule has 9 heteroatoms. The van der Waals surface area contributed by atoms with Crippen LogP contribution in [0.4, 0.5) is 0 Å². The number of halogens is 2. The summed E-state index contributed by atoms with van der Waals surface area (Å²) in [5.41, 5.74) is 4.75. The number of fused-ring (bicyclic) bond motifs is 1. The van der Waals surface area contributed by atoms with Crippen molar-refractivity contribution in [1.82, 2.24) is 20.5 Å². The molecule has 1 saturated heterocycles. The zero-order valence-corrected chi connectivity index (χ0v) is 23.2. The number of hydrogen-bond acceptors (Lipinski definition) is 6. The van der Waals surface area contributed by atoms with E-state index in [1.165, 1.54) is 17.3 Å². The van der Waals surface area contributed by atoms with Crippen molar-refractivity contribution in [2.75, 3.05) is 32.8 Å². The van der Waals surface area contributed by atoms with Gasteiger partial charge in [0.05, 0.1) is 28.9 Å². The van der Waals surface area contributed by atoms with Crippen molar-refractivity contribution in [2.45, 2.75) is 44.7 Å². The molecule has 202 valence electrons. The lowest BCUT2D eigenvalue weighted by atomic mass is 9.96. The highest BCUT2D eigenvalue weighted by atomic mass is 35.5. The summed E-state index contributed by atoms with van der Waals surface area (Å²) in [6.45, 7) is 5.77. The van der Waals surface area contributed by atoms with E-state index in [1.807, 2.05) is 18.3 Å². The number of hydrogen-bond donors (Lipinski definition) is 2. The van der Waals surface area contributed by atoms with Crippen molar-refractivity contribution in [1.29, 1.82) is 0 Å². The van der Waals surface area contributed by atoms with Crippen LogP contribution in [0.25, 0.3) is 0 Å². The summed E-state index contributed by atoms with van der Waals surface area (Å²) in [6.07, 6.45) is 17.3. The van der Waals surface area contributed by atoms with Crippen molar-refractivity contribution in [3.8, 4) is 5.75 Å². The molecule has 2 aliphatic heterocycles. The Hall–Kier alpha value is -2.71. The fourth-order valence-corrected chi connectivity index (χ4v) is 5.49. The minimum atomic E-state index is -0.339. The van der Waals surface area contributed by atoms with Gasteiger partial charge < -0.3 is 15.4 Å². The normalized spacial score (nSPS) is 21.0. The van der Waals surface area contributed by atoms with E-state index < -0.39 is 0 Å². The predicted octanol–water partition coefficient (Wildman–Crippen LogP) is 5.18. The predicted molar refractivity (Wildman–Crippen MR) is 155 cm³/mol. The number of rotatable bonds is 9. The van der Waals surface area contributed by atoms with E-state index >= 15 is 0 Å². The molecular formula is C29H35Cl2N5O2. The van der Waals surface area contributed by atoms with Crippen LogP contribution in [0.2, 0.25) is 0 Å². The molecule has 0 radical (unpaired) electrons. The first kappa shape index (κ1) is 28.3. The number of allylic oxidation sites excluding steroid dienone is 3. The number of carbonyl (C=O) groups is 1. The third kappa shape index (κ3) is 7.44. The number of amides is 1. The minimum absolute atomic E-state index is 0.183. The Labute approximate surface area is 235 Å². The maximum atomic E-state index is 12.6. The molecule has 1 amide bonds. The van der Waals surface area contributed by atoms with Crippen molar-refractivity contribution in [3.05, 3.63) is 81.8 Å². The molecule has 7 nitrogen and oxygen atoms in total. The molecular weight excluding hydrogens is 521 g/mol. The average molecular weight is 557 g/mol. The minimum Gasteiger partial charge on any atom is -0.492 e. The average Bonchev–Trinajstić information content (AvgIpc) is 3.19. The maximum Gasteiger partial charge on any atom is 0.254 e. The van der Waals surface area contributed by atoms with Gasteiger partial charge in [-0.1, -0.05) is 47.5 Å². The second-order valence-corrected chi connectivity index (χ2v) is 10.1. The molecule has 0 bridgehead atoms. The van der Waals surface area contributed by atoms with Crippen LogP contribution in [0.5, 0.6) is 5.75 Å². The number of nitrogens with one attached hydrogen (secondary N) is 2. The van der Waals surface area contributed by atoms with E-state index in [4.69, 9.17) is 32.9 Å². The van der Waals surface area contributed by atoms with Crippen LogP contribution < -0.4 is 15.4 Å². The Balaban J connectivity index is 1.43. The molecule has 1 unspecified atom stereocenters. The Bertz CT molecular complexity index is 1170. The summed E-state index contributed by atoms with van der Waals surface area (Å²) < 4.78 is 5.92. The second kappa shape index (κ2) is 14.4. The summed E-state index contributed by atoms with van der Waals surface area (Å²) >= 11 is 12.0. The smallest absolute Gasteiger partial charge is 0.254 e. The molecule has 3 heterocycles. The van der Waals surface area contributed by atoms with Gasteiger partial charge in [-0.3, -0.25) is 19.7 Å². The van der Waals surface area contributed by atoms with Crippen LogP contribution in [-0.4, -0.2) is 60.8 Å². The number of aliphatic imine (C=N–C) groups is 1. The van der Waals surface area contributed by atoms with E-state index in [9.17, 15) is 4.79 Å². The Morgan fingerprint density at radius 3 is 2.97 bits per heavy atom. The zero-order valence-electron chi connectivity index (χ0n) is 21.7. The molecule has 3 aliphatic rings. The van der Waals surface area contributed by atoms with Crippen LogP contribution in [0.1, 0.15) is 44.3 Å². The molecule has 1 aromatic rings. The fourth-order valence-electron chi connectivity index (χ4n) is 5.02. The van der Waals surface area contributed by atoms with Gasteiger partial charge >= 0.3 is 0 Å². The number of pyridine rings is 1. The van der Waals surface area contributed by atoms with E-state index in [0.717, 1.165) is 62.3 Å². The Kier molecular flexibility index (Phi) is 10.8. The number of ether oxygens (including phenoxy) is 1. The lowest BCUT2D eigenvalue weighted by Gasteiger charge is -2.42. The molecule has 0 spiro atoms. The zero-order chi connectivity index (χ0) is 26.7. The van der Waals surface area contributed by atoms with E-state index in [0.29, 0.717) is 19.2 Å². The van der Waals surface area contributed by atoms with Gasteiger partial charge in [0.2, 0.25) is 0 Å². The highest BCUT2D eigenvalue weighted by molar-refractivity contribution is 6.38.